The average molecular weight is 145 g/mol. The minimum atomic E-state index is -1.06. The molecule has 10 heavy (non-hydrogen) atoms. The van der Waals surface area contributed by atoms with E-state index in [1.54, 1.807) is 0 Å². The van der Waals surface area contributed by atoms with Gasteiger partial charge in [0.1, 0.15) is 0 Å². The van der Waals surface area contributed by atoms with Crippen LogP contribution >= 0.6 is 0 Å². The largest absolute Gasteiger partial charge is 0.480 e. The summed E-state index contributed by atoms with van der Waals surface area (Å²) in [5.41, 5.74) is 0. The third kappa shape index (κ3) is 0.841. The van der Waals surface area contributed by atoms with Crippen molar-refractivity contribution in [3.05, 3.63) is 0 Å². The van der Waals surface area contributed by atoms with Crippen molar-refractivity contribution in [2.45, 2.75) is 12.1 Å². The SMILES string of the molecule is COC1C(=O)NC1C(=O)O. The number of nitrogens with one attached hydrogen (secondary N) is 1. The number of amides is 1. The lowest BCUT2D eigenvalue weighted by Crippen LogP contribution is -2.66. The van der Waals surface area contributed by atoms with E-state index in [1.165, 1.54) is 7.11 Å². The Bertz CT molecular complexity index is 170. The number of hydrogen-bond donors (Lipinski definition) is 2. The van der Waals surface area contributed by atoms with Crippen LogP contribution in [0.2, 0.25) is 0 Å². The Labute approximate surface area is 57.0 Å². The van der Waals surface area contributed by atoms with Gasteiger partial charge in [-0.15, -0.1) is 0 Å². The number of β-lactam (4-membered cyclic amide) rings is 1. The predicted molar refractivity (Wildman–Crippen MR) is 30.4 cm³/mol. The van der Waals surface area contributed by atoms with Crippen LogP contribution in [-0.2, 0) is 14.3 Å². The molecule has 0 aromatic carbocycles. The Morgan fingerprint density at radius 1 is 1.80 bits per heavy atom. The minimum Gasteiger partial charge on any atom is -0.480 e. The molecular formula is C5H7NO4. The summed E-state index contributed by atoms with van der Waals surface area (Å²) in [6.07, 6.45) is -0.808. The molecule has 0 spiro atoms. The van der Waals surface area contributed by atoms with E-state index in [9.17, 15) is 9.59 Å². The van der Waals surface area contributed by atoms with E-state index in [-0.39, 0.29) is 5.91 Å². The van der Waals surface area contributed by atoms with Gasteiger partial charge in [-0.25, -0.2) is 4.79 Å². The van der Waals surface area contributed by atoms with E-state index in [1.807, 2.05) is 0 Å². The molecular weight excluding hydrogens is 138 g/mol. The maximum Gasteiger partial charge on any atom is 0.329 e. The number of carbonyl (C=O) groups is 2. The first-order valence-electron chi connectivity index (χ1n) is 2.73. The van der Waals surface area contributed by atoms with E-state index in [4.69, 9.17) is 5.11 Å². The highest BCUT2D eigenvalue weighted by molar-refractivity contribution is 5.98. The fourth-order valence-corrected chi connectivity index (χ4v) is 0.801. The topological polar surface area (TPSA) is 75.6 Å². The lowest BCUT2D eigenvalue weighted by molar-refractivity contribution is -0.160. The molecule has 1 aliphatic rings. The molecule has 0 aromatic heterocycles. The molecule has 1 amide bonds. The fourth-order valence-electron chi connectivity index (χ4n) is 0.801. The summed E-state index contributed by atoms with van der Waals surface area (Å²) in [6.45, 7) is 0. The van der Waals surface area contributed by atoms with Crippen LogP contribution in [0.25, 0.3) is 0 Å². The zero-order chi connectivity index (χ0) is 7.72. The lowest BCUT2D eigenvalue weighted by Gasteiger charge is -2.31. The van der Waals surface area contributed by atoms with Gasteiger partial charge in [0.2, 0.25) is 0 Å². The van der Waals surface area contributed by atoms with Gasteiger partial charge in [-0.3, -0.25) is 4.79 Å². The molecule has 1 rings (SSSR count). The van der Waals surface area contributed by atoms with E-state index in [0.717, 1.165) is 0 Å². The van der Waals surface area contributed by atoms with Crippen molar-refractivity contribution in [3.63, 3.8) is 0 Å². The summed E-state index contributed by atoms with van der Waals surface area (Å²) in [5, 5.41) is 10.5. The Balaban J connectivity index is 2.53. The third-order valence-corrected chi connectivity index (χ3v) is 1.38. The summed E-state index contributed by atoms with van der Waals surface area (Å²) >= 11 is 0. The Morgan fingerprint density at radius 2 is 2.40 bits per heavy atom. The molecule has 0 aromatic rings. The first-order chi connectivity index (χ1) is 4.66. The number of methoxy groups -OCH3 is 1. The molecule has 2 atom stereocenters. The van der Waals surface area contributed by atoms with Crippen molar-refractivity contribution >= 4 is 11.9 Å². The maximum absolute atomic E-state index is 10.5. The van der Waals surface area contributed by atoms with Gasteiger partial charge in [-0.05, 0) is 0 Å². The molecule has 0 radical (unpaired) electrons. The van der Waals surface area contributed by atoms with Crippen molar-refractivity contribution in [2.75, 3.05) is 7.11 Å². The number of carbonyl (C=O) groups excluding carboxylic acids is 1. The fraction of sp³-hybridized carbons (Fsp3) is 0.600. The van der Waals surface area contributed by atoms with Crippen molar-refractivity contribution in [3.8, 4) is 0 Å². The normalized spacial score (nSPS) is 30.7. The van der Waals surface area contributed by atoms with Crippen molar-refractivity contribution < 1.29 is 19.4 Å². The van der Waals surface area contributed by atoms with E-state index < -0.39 is 18.1 Å². The Hall–Kier alpha value is -1.10. The van der Waals surface area contributed by atoms with Gasteiger partial charge < -0.3 is 15.2 Å². The molecule has 5 heteroatoms. The molecule has 1 fully saturated rings. The van der Waals surface area contributed by atoms with Gasteiger partial charge in [0.15, 0.2) is 12.1 Å². The summed E-state index contributed by atoms with van der Waals surface area (Å²) < 4.78 is 4.58. The van der Waals surface area contributed by atoms with E-state index in [2.05, 4.69) is 10.1 Å². The zero-order valence-electron chi connectivity index (χ0n) is 5.33. The zero-order valence-corrected chi connectivity index (χ0v) is 5.33. The molecule has 1 saturated heterocycles. The van der Waals surface area contributed by atoms with Crippen LogP contribution in [0.4, 0.5) is 0 Å². The lowest BCUT2D eigenvalue weighted by atomic mass is 10.0. The van der Waals surface area contributed by atoms with Crippen LogP contribution in [0.3, 0.4) is 0 Å². The first kappa shape index (κ1) is 7.01. The molecule has 56 valence electrons. The van der Waals surface area contributed by atoms with Gasteiger partial charge in [0.25, 0.3) is 5.91 Å². The number of aliphatic carboxylic acids is 1. The van der Waals surface area contributed by atoms with Crippen LogP contribution in [0.1, 0.15) is 0 Å². The first-order valence-corrected chi connectivity index (χ1v) is 2.73. The second-order valence-electron chi connectivity index (χ2n) is 1.98. The summed E-state index contributed by atoms with van der Waals surface area (Å²) in [5.74, 6) is -1.43. The molecule has 1 aliphatic heterocycles. The molecule has 0 bridgehead atoms. The molecule has 2 N–H and O–H groups in total. The number of ether oxygens (including phenoxy) is 1. The smallest absolute Gasteiger partial charge is 0.329 e. The number of carboxylic acid groups (broad SMARTS) is 1. The van der Waals surface area contributed by atoms with Gasteiger partial charge in [0.05, 0.1) is 0 Å². The monoisotopic (exact) mass is 145 g/mol. The predicted octanol–water partition coefficient (Wildman–Crippen LogP) is -1.42. The third-order valence-electron chi connectivity index (χ3n) is 1.38. The number of carboxylic acids is 1. The van der Waals surface area contributed by atoms with Gasteiger partial charge in [-0.2, -0.15) is 0 Å². The molecule has 0 aliphatic carbocycles. The highest BCUT2D eigenvalue weighted by atomic mass is 16.5. The van der Waals surface area contributed by atoms with Crippen LogP contribution < -0.4 is 5.32 Å². The second-order valence-corrected chi connectivity index (χ2v) is 1.98. The van der Waals surface area contributed by atoms with Crippen LogP contribution in [0.15, 0.2) is 0 Å². The summed E-state index contributed by atoms with van der Waals surface area (Å²) in [7, 11) is 1.30. The van der Waals surface area contributed by atoms with Crippen LogP contribution in [-0.4, -0.2) is 36.2 Å². The standard InChI is InChI=1S/C5H7NO4/c1-10-3-2(5(8)9)6-4(3)7/h2-3H,1H3,(H,6,7)(H,8,9). The minimum absolute atomic E-state index is 0.366. The van der Waals surface area contributed by atoms with E-state index in [0.29, 0.717) is 0 Å². The highest BCUT2D eigenvalue weighted by Gasteiger charge is 2.44. The molecule has 1 heterocycles. The second kappa shape index (κ2) is 2.26. The average Bonchev–Trinajstić information content (AvgIpc) is 1.83. The molecule has 5 nitrogen and oxygen atoms in total. The summed E-state index contributed by atoms with van der Waals surface area (Å²) in [6, 6.07) is -0.863. The van der Waals surface area contributed by atoms with Crippen molar-refractivity contribution in [1.82, 2.24) is 5.32 Å². The highest BCUT2D eigenvalue weighted by Crippen LogP contribution is 2.08. The van der Waals surface area contributed by atoms with Gasteiger partial charge >= 0.3 is 5.97 Å². The number of hydrogen-bond acceptors (Lipinski definition) is 3. The maximum atomic E-state index is 10.5. The Kier molecular flexibility index (Phi) is 1.58. The van der Waals surface area contributed by atoms with Gasteiger partial charge in [0, 0.05) is 7.11 Å². The van der Waals surface area contributed by atoms with Crippen molar-refractivity contribution in [2.24, 2.45) is 0 Å². The van der Waals surface area contributed by atoms with Crippen LogP contribution in [0, 0.1) is 0 Å². The van der Waals surface area contributed by atoms with Crippen molar-refractivity contribution in [1.29, 1.82) is 0 Å². The van der Waals surface area contributed by atoms with Gasteiger partial charge in [-0.1, -0.05) is 0 Å². The van der Waals surface area contributed by atoms with Crippen LogP contribution in [0.5, 0.6) is 0 Å². The summed E-state index contributed by atoms with van der Waals surface area (Å²) in [4.78, 5) is 20.7. The molecule has 2 unspecified atom stereocenters. The number of rotatable bonds is 2. The van der Waals surface area contributed by atoms with E-state index >= 15 is 0 Å². The Morgan fingerprint density at radius 3 is 2.60 bits per heavy atom. The quantitative estimate of drug-likeness (QED) is 0.468. The molecule has 0 saturated carbocycles.